The number of imidazole rings is 1. The Bertz CT molecular complexity index is 548. The Hall–Kier alpha value is -2.21. The summed E-state index contributed by atoms with van der Waals surface area (Å²) in [6.07, 6.45) is 2.84. The smallest absolute Gasteiger partial charge is 0.419 e. The van der Waals surface area contributed by atoms with Gasteiger partial charge in [-0.05, 0) is 13.8 Å². The number of nitrogens with zero attached hydrogens (tertiary/aromatic N) is 4. The summed E-state index contributed by atoms with van der Waals surface area (Å²) in [6, 6.07) is 0. The fourth-order valence-electron chi connectivity index (χ4n) is 1.46. The molecule has 0 fully saturated rings. The van der Waals surface area contributed by atoms with Gasteiger partial charge >= 0.3 is 6.09 Å². The lowest BCUT2D eigenvalue weighted by Crippen LogP contribution is -2.33. The maximum atomic E-state index is 11.6. The van der Waals surface area contributed by atoms with Gasteiger partial charge in [0.1, 0.15) is 6.33 Å². The third-order valence-corrected chi connectivity index (χ3v) is 3.38. The Morgan fingerprint density at radius 3 is 3.05 bits per heavy atom. The minimum Gasteiger partial charge on any atom is -0.449 e. The highest BCUT2D eigenvalue weighted by molar-refractivity contribution is 7.98. The van der Waals surface area contributed by atoms with Gasteiger partial charge in [-0.2, -0.15) is 5.26 Å². The van der Waals surface area contributed by atoms with E-state index in [0.29, 0.717) is 24.2 Å². The number of rotatable bonds is 5. The van der Waals surface area contributed by atoms with Gasteiger partial charge in [0.25, 0.3) is 0 Å². The molecule has 9 heteroatoms. The maximum absolute atomic E-state index is 11.6. The first-order chi connectivity index (χ1) is 10.1. The molecule has 0 spiro atoms. The number of aliphatic imine (C=N–C) groups is 1. The minimum absolute atomic E-state index is 0.329. The molecular formula is C12H18N6O2S. The van der Waals surface area contributed by atoms with Crippen molar-refractivity contribution in [3.05, 3.63) is 17.7 Å². The van der Waals surface area contributed by atoms with Crippen molar-refractivity contribution in [2.75, 3.05) is 19.5 Å². The number of thioether (sulfide) groups is 1. The molecule has 0 aliphatic carbocycles. The average molecular weight is 310 g/mol. The number of nitrogens with one attached hydrogen (secondary N) is 2. The van der Waals surface area contributed by atoms with E-state index < -0.39 is 6.09 Å². The van der Waals surface area contributed by atoms with Crippen LogP contribution in [-0.2, 0) is 10.5 Å². The normalized spacial score (nSPS) is 10.9. The zero-order valence-electron chi connectivity index (χ0n) is 12.2. The van der Waals surface area contributed by atoms with E-state index in [1.54, 1.807) is 31.9 Å². The Kier molecular flexibility index (Phi) is 7.11. The molecule has 2 N–H and O–H groups in total. The van der Waals surface area contributed by atoms with E-state index in [1.807, 2.05) is 6.92 Å². The standard InChI is InChI=1S/C12H18N6O2S/c1-4-20-12(19)18-7-16-10(9(18)2)5-21-8-17-11(14-3)15-6-13/h7H,4-5,8H2,1-3H3,(H2,14,15,17). The van der Waals surface area contributed by atoms with Crippen LogP contribution in [0.25, 0.3) is 0 Å². The van der Waals surface area contributed by atoms with E-state index in [9.17, 15) is 4.79 Å². The fourth-order valence-corrected chi connectivity index (χ4v) is 2.28. The molecule has 8 nitrogen and oxygen atoms in total. The number of nitriles is 1. The van der Waals surface area contributed by atoms with Crippen molar-refractivity contribution in [3.8, 4) is 6.19 Å². The largest absolute Gasteiger partial charge is 0.449 e. The van der Waals surface area contributed by atoms with Crippen LogP contribution in [0.5, 0.6) is 0 Å². The van der Waals surface area contributed by atoms with Gasteiger partial charge in [0.15, 0.2) is 6.19 Å². The number of carbonyl (C=O) groups is 1. The molecule has 0 amide bonds. The van der Waals surface area contributed by atoms with E-state index in [2.05, 4.69) is 20.6 Å². The topological polar surface area (TPSA) is 104 Å². The summed E-state index contributed by atoms with van der Waals surface area (Å²) in [6.45, 7) is 3.91. The highest BCUT2D eigenvalue weighted by Crippen LogP contribution is 2.14. The van der Waals surface area contributed by atoms with Crippen molar-refractivity contribution in [2.24, 2.45) is 4.99 Å². The van der Waals surface area contributed by atoms with Crippen LogP contribution < -0.4 is 10.6 Å². The molecule has 0 aliphatic heterocycles. The first-order valence-corrected chi connectivity index (χ1v) is 7.42. The predicted molar refractivity (Wildman–Crippen MR) is 80.8 cm³/mol. The summed E-state index contributed by atoms with van der Waals surface area (Å²) < 4.78 is 6.32. The van der Waals surface area contributed by atoms with E-state index in [0.717, 1.165) is 11.4 Å². The molecule has 21 heavy (non-hydrogen) atoms. The molecule has 0 aromatic carbocycles. The van der Waals surface area contributed by atoms with Gasteiger partial charge in [-0.1, -0.05) is 0 Å². The van der Waals surface area contributed by atoms with Crippen molar-refractivity contribution >= 4 is 23.8 Å². The zero-order valence-corrected chi connectivity index (χ0v) is 13.0. The van der Waals surface area contributed by atoms with Crippen LogP contribution in [0.3, 0.4) is 0 Å². The predicted octanol–water partition coefficient (Wildman–Crippen LogP) is 1.03. The van der Waals surface area contributed by atoms with E-state index in [4.69, 9.17) is 10.00 Å². The molecule has 1 rings (SSSR count). The minimum atomic E-state index is -0.421. The summed E-state index contributed by atoms with van der Waals surface area (Å²) in [5.74, 6) is 1.61. The zero-order chi connectivity index (χ0) is 15.7. The Labute approximate surface area is 127 Å². The second kappa shape index (κ2) is 8.86. The van der Waals surface area contributed by atoms with Gasteiger partial charge in [0.2, 0.25) is 5.96 Å². The van der Waals surface area contributed by atoms with Crippen molar-refractivity contribution < 1.29 is 9.53 Å². The number of aromatic nitrogens is 2. The summed E-state index contributed by atoms with van der Waals surface area (Å²) >= 11 is 1.56. The summed E-state index contributed by atoms with van der Waals surface area (Å²) in [7, 11) is 1.59. The number of carbonyl (C=O) groups excluding carboxylic acids is 1. The van der Waals surface area contributed by atoms with Crippen LogP contribution in [0, 0.1) is 18.4 Å². The number of hydrogen-bond acceptors (Lipinski definition) is 6. The molecule has 114 valence electrons. The lowest BCUT2D eigenvalue weighted by atomic mass is 10.4. The molecule has 1 aromatic heterocycles. The van der Waals surface area contributed by atoms with Gasteiger partial charge in [-0.3, -0.25) is 10.3 Å². The Morgan fingerprint density at radius 2 is 2.43 bits per heavy atom. The second-order valence-corrected chi connectivity index (χ2v) is 4.81. The summed E-state index contributed by atoms with van der Waals surface area (Å²) in [5.41, 5.74) is 1.58. The van der Waals surface area contributed by atoms with Crippen molar-refractivity contribution in [1.29, 1.82) is 5.26 Å². The van der Waals surface area contributed by atoms with E-state index in [-0.39, 0.29) is 0 Å². The average Bonchev–Trinajstić information content (AvgIpc) is 2.84. The molecule has 1 heterocycles. The molecule has 0 unspecified atom stereocenters. The molecule has 0 saturated carbocycles. The van der Waals surface area contributed by atoms with Gasteiger partial charge in [0, 0.05) is 18.5 Å². The SMILES string of the molecule is CCOC(=O)n1cnc(CSCNC(=NC)NC#N)c1C. The monoisotopic (exact) mass is 310 g/mol. The highest BCUT2D eigenvalue weighted by Gasteiger charge is 2.13. The van der Waals surface area contributed by atoms with Crippen LogP contribution in [0.4, 0.5) is 4.79 Å². The molecule has 0 bridgehead atoms. The number of guanidine groups is 1. The van der Waals surface area contributed by atoms with Crippen LogP contribution in [-0.4, -0.2) is 41.1 Å². The van der Waals surface area contributed by atoms with Crippen LogP contribution in [0.1, 0.15) is 18.3 Å². The van der Waals surface area contributed by atoms with Gasteiger partial charge in [-0.25, -0.2) is 14.3 Å². The van der Waals surface area contributed by atoms with E-state index in [1.165, 1.54) is 10.9 Å². The second-order valence-electron chi connectivity index (χ2n) is 3.82. The van der Waals surface area contributed by atoms with E-state index >= 15 is 0 Å². The fraction of sp³-hybridized carbons (Fsp3) is 0.500. The lowest BCUT2D eigenvalue weighted by molar-refractivity contribution is 0.153. The maximum Gasteiger partial charge on any atom is 0.419 e. The van der Waals surface area contributed by atoms with Crippen LogP contribution in [0.2, 0.25) is 0 Å². The van der Waals surface area contributed by atoms with Gasteiger partial charge < -0.3 is 10.1 Å². The first-order valence-electron chi connectivity index (χ1n) is 6.27. The quantitative estimate of drug-likeness (QED) is 0.209. The molecule has 0 saturated heterocycles. The van der Waals surface area contributed by atoms with Crippen LogP contribution >= 0.6 is 11.8 Å². The molecule has 0 aliphatic rings. The molecular weight excluding hydrogens is 292 g/mol. The molecule has 1 aromatic rings. The summed E-state index contributed by atoms with van der Waals surface area (Å²) in [5, 5.41) is 13.9. The third kappa shape index (κ3) is 5.00. The highest BCUT2D eigenvalue weighted by atomic mass is 32.2. The van der Waals surface area contributed by atoms with Crippen molar-refractivity contribution in [3.63, 3.8) is 0 Å². The van der Waals surface area contributed by atoms with Crippen LogP contribution in [0.15, 0.2) is 11.3 Å². The van der Waals surface area contributed by atoms with Crippen molar-refractivity contribution in [1.82, 2.24) is 20.2 Å². The Morgan fingerprint density at radius 1 is 1.67 bits per heavy atom. The summed E-state index contributed by atoms with van der Waals surface area (Å²) in [4.78, 5) is 19.7. The molecule has 0 radical (unpaired) electrons. The Balaban J connectivity index is 2.47. The van der Waals surface area contributed by atoms with Crippen molar-refractivity contribution in [2.45, 2.75) is 19.6 Å². The third-order valence-electron chi connectivity index (χ3n) is 2.55. The van der Waals surface area contributed by atoms with Gasteiger partial charge in [-0.15, -0.1) is 11.8 Å². The lowest BCUT2D eigenvalue weighted by Gasteiger charge is -2.07. The number of ether oxygens (including phenoxy) is 1. The number of hydrogen-bond donors (Lipinski definition) is 2. The van der Waals surface area contributed by atoms with Gasteiger partial charge in [0.05, 0.1) is 18.2 Å². The molecule has 0 atom stereocenters. The first kappa shape index (κ1) is 16.8.